The molecule has 0 aliphatic carbocycles. The first-order valence-electron chi connectivity index (χ1n) is 9.57. The Morgan fingerprint density at radius 3 is 2.38 bits per heavy atom. The van der Waals surface area contributed by atoms with E-state index in [2.05, 4.69) is 22.9 Å². The smallest absolute Gasteiger partial charge is 0.387 e. The van der Waals surface area contributed by atoms with Gasteiger partial charge < -0.3 is 9.47 Å². The predicted molar refractivity (Wildman–Crippen MR) is 110 cm³/mol. The monoisotopic (exact) mass is 400 g/mol. The van der Waals surface area contributed by atoms with Crippen molar-refractivity contribution in [2.45, 2.75) is 33.3 Å². The van der Waals surface area contributed by atoms with E-state index in [0.717, 1.165) is 24.0 Å². The summed E-state index contributed by atoms with van der Waals surface area (Å²) in [6.07, 6.45) is 6.11. The third-order valence-electron chi connectivity index (χ3n) is 4.63. The molecule has 3 rings (SSSR count). The summed E-state index contributed by atoms with van der Waals surface area (Å²) in [7, 11) is 0. The molecule has 0 amide bonds. The number of benzene rings is 3. The molecule has 152 valence electrons. The number of hydrogen-bond acceptors (Lipinski definition) is 2. The molecule has 3 aromatic rings. The number of halogens is 3. The highest BCUT2D eigenvalue weighted by Crippen LogP contribution is 2.38. The summed E-state index contributed by atoms with van der Waals surface area (Å²) in [5, 5.41) is 0.762. The fourth-order valence-electron chi connectivity index (χ4n) is 3.24. The van der Waals surface area contributed by atoms with E-state index in [9.17, 15) is 13.2 Å². The molecule has 0 heterocycles. The van der Waals surface area contributed by atoms with Gasteiger partial charge in [-0.3, -0.25) is 0 Å². The second-order valence-electron chi connectivity index (χ2n) is 6.57. The zero-order valence-corrected chi connectivity index (χ0v) is 16.4. The number of rotatable bonds is 8. The number of fused-ring (bicyclic) bond motifs is 1. The van der Waals surface area contributed by atoms with Gasteiger partial charge in [-0.25, -0.2) is 4.39 Å². The molecule has 0 aromatic heterocycles. The Labute approximate surface area is 168 Å². The fraction of sp³-hybridized carbons (Fsp3) is 0.250. The van der Waals surface area contributed by atoms with Crippen LogP contribution in [-0.2, 0) is 6.42 Å². The minimum absolute atomic E-state index is 0.139. The quantitative estimate of drug-likeness (QED) is 0.374. The van der Waals surface area contributed by atoms with E-state index < -0.39 is 12.4 Å². The third kappa shape index (κ3) is 4.91. The standard InChI is InChI=1S/C24H23F3O2/c1-3-5-6-7-16-8-10-17(11-9-16)18-12-13-20-19(14-18)15-21(29-24(26)27)23(22(20)25)28-4-2/h3,5,8-15,24H,4,6-7H2,1-2H3/b5-3+. The number of aryl methyl sites for hydroxylation is 1. The minimum atomic E-state index is -3.07. The largest absolute Gasteiger partial charge is 0.487 e. The van der Waals surface area contributed by atoms with E-state index in [1.807, 2.05) is 31.2 Å². The van der Waals surface area contributed by atoms with Crippen LogP contribution in [0, 0.1) is 5.82 Å². The highest BCUT2D eigenvalue weighted by atomic mass is 19.3. The zero-order chi connectivity index (χ0) is 20.8. The van der Waals surface area contributed by atoms with Crippen molar-refractivity contribution in [3.8, 4) is 22.6 Å². The van der Waals surface area contributed by atoms with Crippen LogP contribution in [0.4, 0.5) is 13.2 Å². The molecule has 0 unspecified atom stereocenters. The van der Waals surface area contributed by atoms with Crippen LogP contribution in [0.25, 0.3) is 21.9 Å². The normalized spacial score (nSPS) is 11.5. The number of ether oxygens (including phenoxy) is 2. The molecule has 3 aromatic carbocycles. The summed E-state index contributed by atoms with van der Waals surface area (Å²) in [6.45, 7) is 0.729. The van der Waals surface area contributed by atoms with Gasteiger partial charge in [0.15, 0.2) is 17.3 Å². The van der Waals surface area contributed by atoms with Gasteiger partial charge in [0.25, 0.3) is 0 Å². The lowest BCUT2D eigenvalue weighted by molar-refractivity contribution is -0.0515. The van der Waals surface area contributed by atoms with Gasteiger partial charge in [0.1, 0.15) is 0 Å². The number of alkyl halides is 2. The van der Waals surface area contributed by atoms with Crippen molar-refractivity contribution in [1.29, 1.82) is 0 Å². The van der Waals surface area contributed by atoms with Crippen LogP contribution in [0.15, 0.2) is 60.7 Å². The maximum absolute atomic E-state index is 14.8. The van der Waals surface area contributed by atoms with E-state index in [-0.39, 0.29) is 18.1 Å². The average Bonchev–Trinajstić information content (AvgIpc) is 2.71. The molecule has 0 bridgehead atoms. The Bertz CT molecular complexity index is 995. The van der Waals surface area contributed by atoms with Gasteiger partial charge in [-0.1, -0.05) is 48.6 Å². The van der Waals surface area contributed by atoms with Crippen molar-refractivity contribution in [1.82, 2.24) is 0 Å². The van der Waals surface area contributed by atoms with Crippen LogP contribution in [0.5, 0.6) is 11.5 Å². The molecule has 0 radical (unpaired) electrons. The van der Waals surface area contributed by atoms with Crippen molar-refractivity contribution in [2.75, 3.05) is 6.61 Å². The van der Waals surface area contributed by atoms with Crippen LogP contribution in [0.3, 0.4) is 0 Å². The van der Waals surface area contributed by atoms with Gasteiger partial charge in [-0.2, -0.15) is 8.78 Å². The van der Waals surface area contributed by atoms with E-state index in [4.69, 9.17) is 4.74 Å². The van der Waals surface area contributed by atoms with Gasteiger partial charge in [-0.05, 0) is 60.9 Å². The van der Waals surface area contributed by atoms with Crippen LogP contribution in [0.2, 0.25) is 0 Å². The molecule has 5 heteroatoms. The highest BCUT2D eigenvalue weighted by molar-refractivity contribution is 5.90. The second-order valence-corrected chi connectivity index (χ2v) is 6.57. The summed E-state index contributed by atoms with van der Waals surface area (Å²) in [5.74, 6) is -1.30. The van der Waals surface area contributed by atoms with Crippen LogP contribution >= 0.6 is 0 Å². The Hall–Kier alpha value is -2.95. The van der Waals surface area contributed by atoms with Gasteiger partial charge >= 0.3 is 6.61 Å². The van der Waals surface area contributed by atoms with Crippen molar-refractivity contribution in [3.63, 3.8) is 0 Å². The summed E-state index contributed by atoms with van der Waals surface area (Å²) in [4.78, 5) is 0. The van der Waals surface area contributed by atoms with E-state index >= 15 is 0 Å². The number of hydrogen-bond donors (Lipinski definition) is 0. The van der Waals surface area contributed by atoms with Gasteiger partial charge in [0, 0.05) is 5.39 Å². The summed E-state index contributed by atoms with van der Waals surface area (Å²) in [6, 6.07) is 14.7. The Kier molecular flexibility index (Phi) is 6.81. The molecule has 0 saturated heterocycles. The van der Waals surface area contributed by atoms with E-state index in [0.29, 0.717) is 10.8 Å². The Morgan fingerprint density at radius 1 is 1.00 bits per heavy atom. The summed E-state index contributed by atoms with van der Waals surface area (Å²) >= 11 is 0. The molecular weight excluding hydrogens is 377 g/mol. The SMILES string of the molecule is C/C=C/CCc1ccc(-c2ccc3c(F)c(OCC)c(OC(F)F)cc3c2)cc1. The first kappa shape index (κ1) is 20.8. The molecule has 0 aliphatic heterocycles. The summed E-state index contributed by atoms with van der Waals surface area (Å²) in [5.41, 5.74) is 3.06. The van der Waals surface area contributed by atoms with Crippen molar-refractivity contribution in [3.05, 3.63) is 72.1 Å². The molecule has 0 atom stereocenters. The van der Waals surface area contributed by atoms with Gasteiger partial charge in [0.2, 0.25) is 0 Å². The lowest BCUT2D eigenvalue weighted by Gasteiger charge is -2.14. The Balaban J connectivity index is 1.97. The summed E-state index contributed by atoms with van der Waals surface area (Å²) < 4.78 is 50.1. The molecule has 29 heavy (non-hydrogen) atoms. The van der Waals surface area contributed by atoms with Gasteiger partial charge in [-0.15, -0.1) is 0 Å². The molecule has 2 nitrogen and oxygen atoms in total. The van der Waals surface area contributed by atoms with Crippen LogP contribution in [0.1, 0.15) is 25.8 Å². The fourth-order valence-corrected chi connectivity index (χ4v) is 3.24. The van der Waals surface area contributed by atoms with E-state index in [1.54, 1.807) is 19.1 Å². The minimum Gasteiger partial charge on any atom is -0.487 e. The van der Waals surface area contributed by atoms with Crippen molar-refractivity contribution in [2.24, 2.45) is 0 Å². The molecular formula is C24H23F3O2. The molecule has 0 aliphatic rings. The third-order valence-corrected chi connectivity index (χ3v) is 4.63. The van der Waals surface area contributed by atoms with Crippen LogP contribution in [-0.4, -0.2) is 13.2 Å². The first-order valence-corrected chi connectivity index (χ1v) is 9.57. The Morgan fingerprint density at radius 2 is 1.72 bits per heavy atom. The van der Waals surface area contributed by atoms with E-state index in [1.165, 1.54) is 11.6 Å². The predicted octanol–water partition coefficient (Wildman–Crippen LogP) is 7.15. The highest BCUT2D eigenvalue weighted by Gasteiger charge is 2.19. The molecule has 0 fully saturated rings. The lowest BCUT2D eigenvalue weighted by atomic mass is 9.98. The maximum atomic E-state index is 14.8. The van der Waals surface area contributed by atoms with Crippen molar-refractivity contribution >= 4 is 10.8 Å². The van der Waals surface area contributed by atoms with Crippen LogP contribution < -0.4 is 9.47 Å². The second kappa shape index (κ2) is 9.50. The van der Waals surface area contributed by atoms with Gasteiger partial charge in [0.05, 0.1) is 6.61 Å². The first-order chi connectivity index (χ1) is 14.0. The molecule has 0 saturated carbocycles. The molecule has 0 spiro atoms. The zero-order valence-electron chi connectivity index (χ0n) is 16.4. The average molecular weight is 400 g/mol. The van der Waals surface area contributed by atoms with Crippen molar-refractivity contribution < 1.29 is 22.6 Å². The molecule has 0 N–H and O–H groups in total. The number of allylic oxidation sites excluding steroid dienone is 2. The topological polar surface area (TPSA) is 18.5 Å². The lowest BCUT2D eigenvalue weighted by Crippen LogP contribution is -2.06. The maximum Gasteiger partial charge on any atom is 0.387 e.